The van der Waals surface area contributed by atoms with Crippen LogP contribution >= 0.6 is 11.8 Å². The molecule has 8 heteroatoms. The molecule has 1 aromatic carbocycles. The summed E-state index contributed by atoms with van der Waals surface area (Å²) < 4.78 is 23.2. The van der Waals surface area contributed by atoms with Gasteiger partial charge in [-0.05, 0) is 93.8 Å². The van der Waals surface area contributed by atoms with Crippen LogP contribution in [0.15, 0.2) is 75.5 Å². The Morgan fingerprint density at radius 2 is 1.83 bits per heavy atom. The third-order valence-electron chi connectivity index (χ3n) is 8.84. The van der Waals surface area contributed by atoms with Crippen LogP contribution < -0.4 is 10.1 Å². The number of nitrogens with one attached hydrogen (secondary N) is 1. The van der Waals surface area contributed by atoms with Crippen LogP contribution in [0, 0.1) is 5.92 Å². The summed E-state index contributed by atoms with van der Waals surface area (Å²) >= 11 is 1.80. The number of rotatable bonds is 19. The van der Waals surface area contributed by atoms with Crippen LogP contribution in [0.5, 0.6) is 5.88 Å². The minimum Gasteiger partial charge on any atom is -0.470 e. The molecule has 7 nitrogen and oxygen atoms in total. The van der Waals surface area contributed by atoms with E-state index in [1.165, 1.54) is 39.3 Å². The molecular formula is C39H57N3O4S. The monoisotopic (exact) mass is 663 g/mol. The Bertz CT molecular complexity index is 1360. The molecule has 258 valence electrons. The first-order chi connectivity index (χ1) is 22.8. The van der Waals surface area contributed by atoms with Crippen molar-refractivity contribution in [3.05, 3.63) is 87.8 Å². The predicted molar refractivity (Wildman–Crippen MR) is 195 cm³/mol. The van der Waals surface area contributed by atoms with Gasteiger partial charge in [-0.3, -0.25) is 0 Å². The van der Waals surface area contributed by atoms with Crippen molar-refractivity contribution in [1.82, 2.24) is 15.4 Å². The van der Waals surface area contributed by atoms with E-state index in [1.807, 2.05) is 19.9 Å². The van der Waals surface area contributed by atoms with Gasteiger partial charge in [0.05, 0.1) is 12.0 Å². The van der Waals surface area contributed by atoms with Crippen LogP contribution in [0.1, 0.15) is 110 Å². The number of benzene rings is 1. The van der Waals surface area contributed by atoms with Crippen molar-refractivity contribution in [2.75, 3.05) is 26.4 Å². The largest absolute Gasteiger partial charge is 0.470 e. The SMILES string of the molecule is C=C(NCc1ccc(C(S/C=C\CC)=C(C)C)cc1)C1CCCN1C(=C1CCC1)C(c1cc(OCC(OCC)OCC)no1)C(C)C. The molecule has 0 amide bonds. The lowest BCUT2D eigenvalue weighted by molar-refractivity contribution is -0.152. The Balaban J connectivity index is 1.46. The van der Waals surface area contributed by atoms with Crippen LogP contribution in [-0.2, 0) is 16.0 Å². The molecule has 0 spiro atoms. The molecular weight excluding hydrogens is 607 g/mol. The van der Waals surface area contributed by atoms with Crippen LogP contribution in [0.25, 0.3) is 4.91 Å². The second-order valence-electron chi connectivity index (χ2n) is 12.9. The molecule has 0 bridgehead atoms. The molecule has 1 saturated carbocycles. The summed E-state index contributed by atoms with van der Waals surface area (Å²) in [6, 6.07) is 11.1. The van der Waals surface area contributed by atoms with Gasteiger partial charge >= 0.3 is 0 Å². The summed E-state index contributed by atoms with van der Waals surface area (Å²) in [6.07, 6.45) is 8.56. The van der Waals surface area contributed by atoms with E-state index in [1.54, 1.807) is 11.8 Å². The molecule has 0 radical (unpaired) electrons. The van der Waals surface area contributed by atoms with E-state index >= 15 is 0 Å². The number of hydrogen-bond acceptors (Lipinski definition) is 8. The molecule has 2 heterocycles. The Morgan fingerprint density at radius 3 is 2.43 bits per heavy atom. The van der Waals surface area contributed by atoms with Gasteiger partial charge in [-0.15, -0.1) is 0 Å². The summed E-state index contributed by atoms with van der Waals surface area (Å²) in [5.41, 5.74) is 7.86. The van der Waals surface area contributed by atoms with Crippen LogP contribution in [0.3, 0.4) is 0 Å². The van der Waals surface area contributed by atoms with E-state index in [9.17, 15) is 0 Å². The third kappa shape index (κ3) is 10.0. The number of aromatic nitrogens is 1. The van der Waals surface area contributed by atoms with Crippen molar-refractivity contribution in [2.24, 2.45) is 5.92 Å². The lowest BCUT2D eigenvalue weighted by Gasteiger charge is -2.39. The zero-order valence-corrected chi connectivity index (χ0v) is 30.6. The van der Waals surface area contributed by atoms with E-state index < -0.39 is 6.29 Å². The molecule has 1 aromatic heterocycles. The van der Waals surface area contributed by atoms with Crippen LogP contribution in [-0.4, -0.2) is 48.8 Å². The van der Waals surface area contributed by atoms with Gasteiger partial charge in [0.15, 0.2) is 6.29 Å². The fourth-order valence-electron chi connectivity index (χ4n) is 6.36. The molecule has 1 aliphatic heterocycles. The normalized spacial score (nSPS) is 17.0. The molecule has 2 aromatic rings. The second kappa shape index (κ2) is 18.6. The summed E-state index contributed by atoms with van der Waals surface area (Å²) in [5.74, 6) is 1.72. The number of nitrogens with zero attached hydrogens (tertiary/aromatic N) is 2. The zero-order chi connectivity index (χ0) is 33.8. The standard InChI is InChI=1S/C39H57N3O4S/c1-9-12-23-47-39(28(6)7)32-20-18-30(19-21-32)25-40-29(8)33-17-14-22-42(33)38(31-15-13-16-31)37(27(4)5)34-24-35(41-46-34)45-26-36(43-10-2)44-11-3/h12,18-21,23-24,27,33,36-37,40H,8-11,13-17,22,25-26H2,1-7H3/b23-12-. The van der Waals surface area contributed by atoms with Crippen molar-refractivity contribution < 1.29 is 18.7 Å². The highest BCUT2D eigenvalue weighted by atomic mass is 32.2. The Hall–Kier alpha value is -2.94. The predicted octanol–water partition coefficient (Wildman–Crippen LogP) is 9.81. The molecule has 1 N–H and O–H groups in total. The maximum atomic E-state index is 6.01. The average molecular weight is 664 g/mol. The van der Waals surface area contributed by atoms with Crippen molar-refractivity contribution in [2.45, 2.75) is 112 Å². The maximum absolute atomic E-state index is 6.01. The molecule has 2 atom stereocenters. The lowest BCUT2D eigenvalue weighted by atomic mass is 9.80. The molecule has 1 aliphatic carbocycles. The zero-order valence-electron chi connectivity index (χ0n) is 29.8. The number of thioether (sulfide) groups is 1. The highest BCUT2D eigenvalue weighted by molar-refractivity contribution is 8.10. The second-order valence-corrected chi connectivity index (χ2v) is 13.9. The summed E-state index contributed by atoms with van der Waals surface area (Å²) in [7, 11) is 0. The summed E-state index contributed by atoms with van der Waals surface area (Å²) in [6.45, 7) is 22.7. The fraction of sp³-hybridized carbons (Fsp3) is 0.564. The summed E-state index contributed by atoms with van der Waals surface area (Å²) in [5, 5.41) is 10.2. The third-order valence-corrected chi connectivity index (χ3v) is 10.0. The Morgan fingerprint density at radius 1 is 1.11 bits per heavy atom. The quantitative estimate of drug-likeness (QED) is 0.149. The van der Waals surface area contributed by atoms with E-state index in [0.29, 0.717) is 25.0 Å². The first-order valence-corrected chi connectivity index (χ1v) is 18.5. The fourth-order valence-corrected chi connectivity index (χ4v) is 7.29. The minimum atomic E-state index is -0.428. The summed E-state index contributed by atoms with van der Waals surface area (Å²) in [4.78, 5) is 3.94. The smallest absolute Gasteiger partial charge is 0.254 e. The van der Waals surface area contributed by atoms with Gasteiger partial charge in [-0.25, -0.2) is 0 Å². The molecule has 2 aliphatic rings. The number of ether oxygens (including phenoxy) is 3. The number of hydrogen-bond donors (Lipinski definition) is 1. The van der Waals surface area contributed by atoms with E-state index in [0.717, 1.165) is 56.7 Å². The Kier molecular flexibility index (Phi) is 14.6. The minimum absolute atomic E-state index is 0.0833. The van der Waals surface area contributed by atoms with Crippen molar-refractivity contribution in [1.29, 1.82) is 0 Å². The van der Waals surface area contributed by atoms with Crippen LogP contribution in [0.2, 0.25) is 0 Å². The van der Waals surface area contributed by atoms with Gasteiger partial charge in [0, 0.05) is 48.7 Å². The molecule has 2 fully saturated rings. The van der Waals surface area contributed by atoms with Gasteiger partial charge < -0.3 is 29.0 Å². The molecule has 1 saturated heterocycles. The van der Waals surface area contributed by atoms with Gasteiger partial charge in [0.25, 0.3) is 5.88 Å². The van der Waals surface area contributed by atoms with Gasteiger partial charge in [0.2, 0.25) is 0 Å². The average Bonchev–Trinajstić information content (AvgIpc) is 3.70. The highest BCUT2D eigenvalue weighted by Crippen LogP contribution is 2.45. The Labute approximate surface area is 287 Å². The van der Waals surface area contributed by atoms with Crippen LogP contribution in [0.4, 0.5) is 0 Å². The van der Waals surface area contributed by atoms with Crippen molar-refractivity contribution >= 4 is 16.7 Å². The topological polar surface area (TPSA) is 69.0 Å². The first-order valence-electron chi connectivity index (χ1n) is 17.6. The molecule has 4 rings (SSSR count). The lowest BCUT2D eigenvalue weighted by Crippen LogP contribution is -2.38. The van der Waals surface area contributed by atoms with E-state index in [4.69, 9.17) is 18.7 Å². The van der Waals surface area contributed by atoms with Gasteiger partial charge in [0.1, 0.15) is 12.4 Å². The first kappa shape index (κ1) is 36.9. The molecule has 2 unspecified atom stereocenters. The van der Waals surface area contributed by atoms with Gasteiger partial charge in [-0.1, -0.05) is 80.6 Å². The van der Waals surface area contributed by atoms with E-state index in [-0.39, 0.29) is 18.6 Å². The molecule has 47 heavy (non-hydrogen) atoms. The number of allylic oxidation sites excluding steroid dienone is 4. The highest BCUT2D eigenvalue weighted by Gasteiger charge is 2.38. The van der Waals surface area contributed by atoms with E-state index in [2.05, 4.69) is 92.3 Å². The van der Waals surface area contributed by atoms with Crippen molar-refractivity contribution in [3.8, 4) is 5.88 Å². The number of likely N-dealkylation sites (tertiary alicyclic amines) is 1. The maximum Gasteiger partial charge on any atom is 0.254 e. The van der Waals surface area contributed by atoms with Gasteiger partial charge in [-0.2, -0.15) is 0 Å². The van der Waals surface area contributed by atoms with Crippen molar-refractivity contribution in [3.63, 3.8) is 0 Å².